The molecule has 8 nitrogen and oxygen atoms in total. The highest BCUT2D eigenvalue weighted by Crippen LogP contribution is 2.27. The van der Waals surface area contributed by atoms with E-state index in [9.17, 15) is 30.0 Å². The lowest BCUT2D eigenvalue weighted by Gasteiger charge is -2.26. The number of likely N-dealkylation sites (N-methyl/N-ethyl adjacent to an activating group) is 1. The van der Waals surface area contributed by atoms with E-state index < -0.39 is 17.9 Å². The molecule has 0 bridgehead atoms. The van der Waals surface area contributed by atoms with Gasteiger partial charge in [0.15, 0.2) is 23.0 Å². The SMILES string of the molecule is CCCOC(=O)[C@H](Cc1ccc(O)c(O)c1)N(C)C(=O)C=Cc1ccc(O)c(O)c1. The molecule has 2 aromatic rings. The fraction of sp³-hybridized carbons (Fsp3) is 0.273. The van der Waals surface area contributed by atoms with E-state index in [2.05, 4.69) is 0 Å². The molecule has 1 atom stereocenters. The molecule has 2 aromatic carbocycles. The Morgan fingerprint density at radius 2 is 1.63 bits per heavy atom. The zero-order chi connectivity index (χ0) is 22.3. The molecule has 0 aromatic heterocycles. The first-order chi connectivity index (χ1) is 14.2. The molecule has 0 fully saturated rings. The molecule has 0 saturated carbocycles. The van der Waals surface area contributed by atoms with E-state index in [1.165, 1.54) is 54.4 Å². The maximum atomic E-state index is 12.6. The molecule has 1 amide bonds. The predicted octanol–water partition coefficient (Wildman–Crippen LogP) is 2.55. The third-order valence-corrected chi connectivity index (χ3v) is 4.42. The van der Waals surface area contributed by atoms with Crippen LogP contribution in [0.5, 0.6) is 23.0 Å². The van der Waals surface area contributed by atoms with Crippen molar-refractivity contribution in [3.63, 3.8) is 0 Å². The Hall–Kier alpha value is -3.68. The molecule has 0 aliphatic rings. The van der Waals surface area contributed by atoms with Crippen molar-refractivity contribution < 1.29 is 34.8 Å². The van der Waals surface area contributed by atoms with E-state index in [4.69, 9.17) is 4.74 Å². The first-order valence-electron chi connectivity index (χ1n) is 9.37. The second-order valence-corrected chi connectivity index (χ2v) is 6.74. The molecule has 0 aliphatic carbocycles. The Morgan fingerprint density at radius 1 is 1.00 bits per heavy atom. The Labute approximate surface area is 174 Å². The van der Waals surface area contributed by atoms with E-state index >= 15 is 0 Å². The highest BCUT2D eigenvalue weighted by molar-refractivity contribution is 5.94. The van der Waals surface area contributed by atoms with Crippen molar-refractivity contribution in [3.05, 3.63) is 53.6 Å². The number of carbonyl (C=O) groups excluding carboxylic acids is 2. The normalized spacial score (nSPS) is 11.9. The predicted molar refractivity (Wildman–Crippen MR) is 110 cm³/mol. The van der Waals surface area contributed by atoms with E-state index in [-0.39, 0.29) is 36.0 Å². The maximum absolute atomic E-state index is 12.6. The number of benzene rings is 2. The maximum Gasteiger partial charge on any atom is 0.329 e. The number of esters is 1. The van der Waals surface area contributed by atoms with Gasteiger partial charge in [0.05, 0.1) is 6.61 Å². The summed E-state index contributed by atoms with van der Waals surface area (Å²) in [6.45, 7) is 2.06. The number of phenolic OH excluding ortho intramolecular Hbond substituents is 4. The number of carbonyl (C=O) groups is 2. The van der Waals surface area contributed by atoms with Crippen molar-refractivity contribution in [1.29, 1.82) is 0 Å². The van der Waals surface area contributed by atoms with Crippen LogP contribution in [-0.2, 0) is 20.7 Å². The van der Waals surface area contributed by atoms with Crippen LogP contribution < -0.4 is 0 Å². The van der Waals surface area contributed by atoms with Gasteiger partial charge in [0, 0.05) is 19.5 Å². The second kappa shape index (κ2) is 10.2. The molecule has 8 heteroatoms. The number of ether oxygens (including phenoxy) is 1. The summed E-state index contributed by atoms with van der Waals surface area (Å²) in [5.74, 6) is -2.26. The summed E-state index contributed by atoms with van der Waals surface area (Å²) < 4.78 is 5.21. The summed E-state index contributed by atoms with van der Waals surface area (Å²) in [5.41, 5.74) is 1.02. The van der Waals surface area contributed by atoms with Crippen LogP contribution in [0.2, 0.25) is 0 Å². The summed E-state index contributed by atoms with van der Waals surface area (Å²) in [6, 6.07) is 7.33. The largest absolute Gasteiger partial charge is 0.504 e. The topological polar surface area (TPSA) is 128 Å². The standard InChI is InChI=1S/C22H25NO7/c1-3-10-30-22(29)16(11-15-5-8-18(25)20(27)13-15)23(2)21(28)9-6-14-4-7-17(24)19(26)12-14/h4-9,12-13,16,24-27H,3,10-11H2,1-2H3/t16-/m0/s1. The number of aromatic hydroxyl groups is 4. The van der Waals surface area contributed by atoms with Gasteiger partial charge >= 0.3 is 5.97 Å². The van der Waals surface area contributed by atoms with Crippen molar-refractivity contribution >= 4 is 18.0 Å². The lowest BCUT2D eigenvalue weighted by molar-refractivity contribution is -0.153. The lowest BCUT2D eigenvalue weighted by Crippen LogP contribution is -2.44. The van der Waals surface area contributed by atoms with Gasteiger partial charge < -0.3 is 30.1 Å². The molecule has 0 heterocycles. The van der Waals surface area contributed by atoms with Gasteiger partial charge in [0.2, 0.25) is 5.91 Å². The number of hydrogen-bond acceptors (Lipinski definition) is 7. The van der Waals surface area contributed by atoms with Gasteiger partial charge in [-0.15, -0.1) is 0 Å². The lowest BCUT2D eigenvalue weighted by atomic mass is 10.0. The van der Waals surface area contributed by atoms with Crippen molar-refractivity contribution in [3.8, 4) is 23.0 Å². The molecule has 0 radical (unpaired) electrons. The van der Waals surface area contributed by atoms with Crippen LogP contribution in [0.1, 0.15) is 24.5 Å². The minimum absolute atomic E-state index is 0.0759. The van der Waals surface area contributed by atoms with Gasteiger partial charge in [-0.2, -0.15) is 0 Å². The summed E-state index contributed by atoms with van der Waals surface area (Å²) in [5, 5.41) is 38.1. The van der Waals surface area contributed by atoms with Gasteiger partial charge in [0.1, 0.15) is 6.04 Å². The molecule has 160 valence electrons. The molecule has 0 aliphatic heterocycles. The zero-order valence-electron chi connectivity index (χ0n) is 16.8. The first kappa shape index (κ1) is 22.6. The van der Waals surface area contributed by atoms with E-state index in [0.29, 0.717) is 17.5 Å². The third kappa shape index (κ3) is 5.91. The van der Waals surface area contributed by atoms with Crippen LogP contribution in [0.3, 0.4) is 0 Å². The van der Waals surface area contributed by atoms with Crippen LogP contribution in [0.4, 0.5) is 0 Å². The monoisotopic (exact) mass is 415 g/mol. The average molecular weight is 415 g/mol. The number of hydrogen-bond donors (Lipinski definition) is 4. The zero-order valence-corrected chi connectivity index (χ0v) is 16.8. The average Bonchev–Trinajstić information content (AvgIpc) is 2.72. The summed E-state index contributed by atoms with van der Waals surface area (Å²) in [4.78, 5) is 26.4. The van der Waals surface area contributed by atoms with Gasteiger partial charge in [-0.25, -0.2) is 4.79 Å². The van der Waals surface area contributed by atoms with Crippen LogP contribution in [0.15, 0.2) is 42.5 Å². The fourth-order valence-electron chi connectivity index (χ4n) is 2.68. The van der Waals surface area contributed by atoms with Crippen LogP contribution in [0.25, 0.3) is 6.08 Å². The molecular weight excluding hydrogens is 390 g/mol. The van der Waals surface area contributed by atoms with Gasteiger partial charge in [-0.3, -0.25) is 4.79 Å². The van der Waals surface area contributed by atoms with Gasteiger partial charge in [-0.05, 0) is 47.9 Å². The molecule has 30 heavy (non-hydrogen) atoms. The summed E-state index contributed by atoms with van der Waals surface area (Å²) >= 11 is 0. The summed E-state index contributed by atoms with van der Waals surface area (Å²) in [6.07, 6.45) is 3.38. The minimum Gasteiger partial charge on any atom is -0.504 e. The van der Waals surface area contributed by atoms with Crippen molar-refractivity contribution in [1.82, 2.24) is 4.90 Å². The van der Waals surface area contributed by atoms with Crippen molar-refractivity contribution in [2.75, 3.05) is 13.7 Å². The Balaban J connectivity index is 2.21. The Morgan fingerprint density at radius 3 is 2.23 bits per heavy atom. The van der Waals surface area contributed by atoms with Gasteiger partial charge in [0.25, 0.3) is 0 Å². The third-order valence-electron chi connectivity index (χ3n) is 4.42. The van der Waals surface area contributed by atoms with Crippen molar-refractivity contribution in [2.45, 2.75) is 25.8 Å². The number of phenols is 4. The highest BCUT2D eigenvalue weighted by Gasteiger charge is 2.28. The van der Waals surface area contributed by atoms with Crippen LogP contribution in [-0.4, -0.2) is 56.9 Å². The smallest absolute Gasteiger partial charge is 0.329 e. The molecular formula is C22H25NO7. The molecule has 0 unspecified atom stereocenters. The molecule has 0 saturated heterocycles. The first-order valence-corrected chi connectivity index (χ1v) is 9.37. The molecule has 0 spiro atoms. The molecule has 4 N–H and O–H groups in total. The second-order valence-electron chi connectivity index (χ2n) is 6.74. The Kier molecular flexibility index (Phi) is 7.69. The quantitative estimate of drug-likeness (QED) is 0.296. The Bertz CT molecular complexity index is 939. The van der Waals surface area contributed by atoms with Crippen LogP contribution >= 0.6 is 0 Å². The summed E-state index contributed by atoms with van der Waals surface area (Å²) in [7, 11) is 1.46. The fourth-order valence-corrected chi connectivity index (χ4v) is 2.68. The van der Waals surface area contributed by atoms with Gasteiger partial charge in [-0.1, -0.05) is 19.1 Å². The van der Waals surface area contributed by atoms with E-state index in [0.717, 1.165) is 0 Å². The highest BCUT2D eigenvalue weighted by atomic mass is 16.5. The van der Waals surface area contributed by atoms with E-state index in [1.54, 1.807) is 6.07 Å². The number of rotatable bonds is 8. The number of nitrogens with zero attached hydrogens (tertiary/aromatic N) is 1. The number of amides is 1. The van der Waals surface area contributed by atoms with E-state index in [1.807, 2.05) is 6.92 Å². The van der Waals surface area contributed by atoms with Crippen LogP contribution in [0, 0.1) is 0 Å². The molecule has 2 rings (SSSR count). The minimum atomic E-state index is -0.953. The van der Waals surface area contributed by atoms with Crippen molar-refractivity contribution in [2.24, 2.45) is 0 Å².